The highest BCUT2D eigenvalue weighted by molar-refractivity contribution is 7.81. The molecule has 0 fully saturated rings. The number of unbranched alkanes of at least 4 members (excludes halogenated alkanes) is 1. The molecule has 0 aliphatic rings. The lowest BCUT2D eigenvalue weighted by atomic mass is 10.2. The van der Waals surface area contributed by atoms with Gasteiger partial charge in [-0.25, -0.2) is 10.2 Å². The van der Waals surface area contributed by atoms with Gasteiger partial charge in [-0.3, -0.25) is 4.79 Å². The molecule has 0 bridgehead atoms. The van der Waals surface area contributed by atoms with E-state index in [0.29, 0.717) is 6.42 Å². The molecule has 0 heterocycles. The van der Waals surface area contributed by atoms with Crippen LogP contribution in [0.4, 0.5) is 0 Å². The molecule has 12 heavy (non-hydrogen) atoms. The van der Waals surface area contributed by atoms with Gasteiger partial charge >= 0.3 is 5.97 Å². The molecule has 0 radical (unpaired) electrons. The van der Waals surface area contributed by atoms with Crippen molar-refractivity contribution in [3.63, 3.8) is 0 Å². The third kappa shape index (κ3) is 11.9. The van der Waals surface area contributed by atoms with Crippen LogP contribution in [0.15, 0.2) is 0 Å². The first-order chi connectivity index (χ1) is 5.59. The quantitative estimate of drug-likeness (QED) is 0.357. The Morgan fingerprint density at radius 1 is 1.75 bits per heavy atom. The molecule has 70 valence electrons. The third-order valence-corrected chi connectivity index (χ3v) is 1.60. The van der Waals surface area contributed by atoms with Crippen molar-refractivity contribution < 1.29 is 14.7 Å². The van der Waals surface area contributed by atoms with Gasteiger partial charge in [0.2, 0.25) is 6.08 Å². The van der Waals surface area contributed by atoms with Gasteiger partial charge in [0.1, 0.15) is 0 Å². The van der Waals surface area contributed by atoms with Crippen LogP contribution in [0, 0.1) is 5.41 Å². The maximum Gasteiger partial charge on any atom is 0.316 e. The summed E-state index contributed by atoms with van der Waals surface area (Å²) in [5.74, 6) is -0.813. The number of carbonyl (C=O) groups is 1. The number of aliphatic carboxylic acids is 1. The van der Waals surface area contributed by atoms with Gasteiger partial charge in [0.05, 0.1) is 5.25 Å². The maximum atomic E-state index is 10.1. The van der Waals surface area contributed by atoms with Crippen LogP contribution in [-0.2, 0) is 9.59 Å². The van der Waals surface area contributed by atoms with Crippen molar-refractivity contribution in [1.82, 2.24) is 0 Å². The summed E-state index contributed by atoms with van der Waals surface area (Å²) in [7, 11) is 0. The van der Waals surface area contributed by atoms with Gasteiger partial charge in [0, 0.05) is 0 Å². The molecule has 0 aromatic carbocycles. The van der Waals surface area contributed by atoms with E-state index in [1.165, 1.54) is 0 Å². The molecule has 0 saturated heterocycles. The molecule has 4 nitrogen and oxygen atoms in total. The zero-order chi connectivity index (χ0) is 9.98. The summed E-state index contributed by atoms with van der Waals surface area (Å²) in [6, 6.07) is 0. The van der Waals surface area contributed by atoms with E-state index in [9.17, 15) is 4.79 Å². The van der Waals surface area contributed by atoms with E-state index in [2.05, 4.69) is 12.6 Å². The highest BCUT2D eigenvalue weighted by atomic mass is 32.1. The van der Waals surface area contributed by atoms with Crippen LogP contribution in [-0.4, -0.2) is 22.4 Å². The predicted octanol–water partition coefficient (Wildman–Crippen LogP) is 1.46. The summed E-state index contributed by atoms with van der Waals surface area (Å²) in [5.41, 5.74) is 0. The van der Waals surface area contributed by atoms with E-state index in [1.807, 2.05) is 6.92 Å². The van der Waals surface area contributed by atoms with Gasteiger partial charge in [-0.2, -0.15) is 12.6 Å². The Bertz CT molecular complexity index is 155. The normalized spacial score (nSPS) is 10.5. The second-order valence-corrected chi connectivity index (χ2v) is 2.72. The van der Waals surface area contributed by atoms with Crippen LogP contribution in [0.25, 0.3) is 0 Å². The molecule has 5 heteroatoms. The number of isocyanates is 1. The van der Waals surface area contributed by atoms with Crippen molar-refractivity contribution >= 4 is 24.7 Å². The Hall–Kier alpha value is -0.800. The topological polar surface area (TPSA) is 78.2 Å². The van der Waals surface area contributed by atoms with E-state index < -0.39 is 11.2 Å². The van der Waals surface area contributed by atoms with Crippen molar-refractivity contribution in [2.24, 2.45) is 0 Å². The first-order valence-electron chi connectivity index (χ1n) is 3.54. The van der Waals surface area contributed by atoms with Crippen molar-refractivity contribution in [1.29, 1.82) is 5.41 Å². The standard InChI is InChI=1S/C6H12O2S.CHNO/c1-2-3-4-5(9)6(7)8;2-1-3/h5,9H,2-4H2,1H3,(H,7,8);2H. The molecule has 0 rings (SSSR count). The number of nitrogens with one attached hydrogen (secondary N) is 1. The number of hydrogen-bond acceptors (Lipinski definition) is 4. The number of thiol groups is 1. The zero-order valence-corrected chi connectivity index (χ0v) is 7.80. The van der Waals surface area contributed by atoms with Gasteiger partial charge in [-0.05, 0) is 6.42 Å². The number of rotatable bonds is 4. The summed E-state index contributed by atoms with van der Waals surface area (Å²) in [6.07, 6.45) is 3.40. The smallest absolute Gasteiger partial charge is 0.316 e. The first-order valence-corrected chi connectivity index (χ1v) is 4.06. The average Bonchev–Trinajstić information content (AvgIpc) is 2.01. The van der Waals surface area contributed by atoms with Gasteiger partial charge < -0.3 is 5.11 Å². The molecule has 0 aromatic rings. The highest BCUT2D eigenvalue weighted by Gasteiger charge is 2.09. The fourth-order valence-electron chi connectivity index (χ4n) is 0.521. The summed E-state index contributed by atoms with van der Waals surface area (Å²) < 4.78 is 0. The van der Waals surface area contributed by atoms with Crippen molar-refractivity contribution in [3.8, 4) is 0 Å². The molecule has 0 aromatic heterocycles. The lowest BCUT2D eigenvalue weighted by Crippen LogP contribution is -2.12. The van der Waals surface area contributed by atoms with E-state index in [0.717, 1.165) is 18.9 Å². The van der Waals surface area contributed by atoms with Gasteiger partial charge in [-0.1, -0.05) is 19.8 Å². The maximum absolute atomic E-state index is 10.1. The van der Waals surface area contributed by atoms with Gasteiger partial charge in [0.15, 0.2) is 0 Å². The summed E-state index contributed by atoms with van der Waals surface area (Å²) in [5, 5.41) is 13.3. The van der Waals surface area contributed by atoms with Crippen LogP contribution in [0.1, 0.15) is 26.2 Å². The molecule has 0 amide bonds. The van der Waals surface area contributed by atoms with Crippen LogP contribution < -0.4 is 0 Å². The second kappa shape index (κ2) is 10.2. The minimum absolute atomic E-state index is 0.468. The molecule has 0 spiro atoms. The summed E-state index contributed by atoms with van der Waals surface area (Å²) in [6.45, 7) is 2.03. The molecular weight excluding hydrogens is 178 g/mol. The Balaban J connectivity index is 0. The van der Waals surface area contributed by atoms with Gasteiger partial charge in [0.25, 0.3) is 0 Å². The largest absolute Gasteiger partial charge is 0.480 e. The van der Waals surface area contributed by atoms with Crippen molar-refractivity contribution in [2.45, 2.75) is 31.4 Å². The molecule has 1 atom stereocenters. The van der Waals surface area contributed by atoms with Crippen LogP contribution in [0.3, 0.4) is 0 Å². The number of carboxylic acids is 1. The van der Waals surface area contributed by atoms with E-state index >= 15 is 0 Å². The Morgan fingerprint density at radius 3 is 2.42 bits per heavy atom. The highest BCUT2D eigenvalue weighted by Crippen LogP contribution is 2.05. The minimum atomic E-state index is -0.813. The zero-order valence-electron chi connectivity index (χ0n) is 6.91. The molecule has 1 unspecified atom stereocenters. The lowest BCUT2D eigenvalue weighted by molar-refractivity contribution is -0.136. The molecule has 0 aliphatic carbocycles. The number of hydrogen-bond donors (Lipinski definition) is 3. The molecule has 0 saturated carbocycles. The van der Waals surface area contributed by atoms with E-state index in [1.54, 1.807) is 0 Å². The summed E-state index contributed by atoms with van der Waals surface area (Å²) in [4.78, 5) is 18.5. The fraction of sp³-hybridized carbons (Fsp3) is 0.714. The first kappa shape index (κ1) is 13.8. The molecule has 0 aliphatic heterocycles. The van der Waals surface area contributed by atoms with E-state index in [4.69, 9.17) is 15.3 Å². The minimum Gasteiger partial charge on any atom is -0.480 e. The second-order valence-electron chi connectivity index (χ2n) is 2.10. The molecule has 2 N–H and O–H groups in total. The van der Waals surface area contributed by atoms with Crippen LogP contribution >= 0.6 is 12.6 Å². The Kier molecular flexibility index (Phi) is 11.7. The van der Waals surface area contributed by atoms with Crippen molar-refractivity contribution in [3.05, 3.63) is 0 Å². The molecular formula is C7H13NO3S. The lowest BCUT2D eigenvalue weighted by Gasteiger charge is -2.01. The predicted molar refractivity (Wildman–Crippen MR) is 48.3 cm³/mol. The Morgan fingerprint density at radius 2 is 2.17 bits per heavy atom. The SMILES string of the molecule is CCCCC(S)C(=O)O.N=C=O. The number of carboxylic acid groups (broad SMARTS) is 1. The van der Waals surface area contributed by atoms with Crippen LogP contribution in [0.2, 0.25) is 0 Å². The summed E-state index contributed by atoms with van der Waals surface area (Å²) >= 11 is 3.86. The Labute approximate surface area is 76.9 Å². The monoisotopic (exact) mass is 191 g/mol. The third-order valence-electron chi connectivity index (χ3n) is 1.12. The van der Waals surface area contributed by atoms with Gasteiger partial charge in [-0.15, -0.1) is 0 Å². The van der Waals surface area contributed by atoms with E-state index in [-0.39, 0.29) is 0 Å². The fourth-order valence-corrected chi connectivity index (χ4v) is 0.704. The van der Waals surface area contributed by atoms with Crippen molar-refractivity contribution in [2.75, 3.05) is 0 Å². The number of carbonyl (C=O) groups excluding carboxylic acids is 1. The van der Waals surface area contributed by atoms with Crippen LogP contribution in [0.5, 0.6) is 0 Å². The average molecular weight is 191 g/mol.